The first kappa shape index (κ1) is 17.8. The molecule has 2 aromatic rings. The Morgan fingerprint density at radius 3 is 2.44 bits per heavy atom. The van der Waals surface area contributed by atoms with Crippen molar-refractivity contribution in [2.75, 3.05) is 6.61 Å². The highest BCUT2D eigenvalue weighted by Gasteiger charge is 2.28. The summed E-state index contributed by atoms with van der Waals surface area (Å²) in [6.45, 7) is -0.0853. The molecule has 0 amide bonds. The van der Waals surface area contributed by atoms with E-state index >= 15 is 0 Å². The van der Waals surface area contributed by atoms with Crippen LogP contribution in [-0.4, -0.2) is 24.6 Å². The minimum Gasteiger partial charge on any atom is -0.458 e. The fraction of sp³-hybridized carbons (Fsp3) is 0.111. The molecule has 0 unspecified atom stereocenters. The smallest absolute Gasteiger partial charge is 0.339 e. The predicted octanol–water partition coefficient (Wildman–Crippen LogP) is 4.81. The summed E-state index contributed by atoms with van der Waals surface area (Å²) >= 11 is 17.6. The standard InChI is InChI=1S/C18H11Cl3O4/c19-12-4-1-10(2-5-12)17(22)24-9-13-8-14(18(23)25-13)11-3-6-15(20)16(21)7-11/h1-8,13H,9H2/t13-/m1/s1. The lowest BCUT2D eigenvalue weighted by atomic mass is 10.1. The van der Waals surface area contributed by atoms with Crippen LogP contribution in [-0.2, 0) is 14.3 Å². The fourth-order valence-electron chi connectivity index (χ4n) is 2.28. The highest BCUT2D eigenvalue weighted by molar-refractivity contribution is 6.42. The van der Waals surface area contributed by atoms with Gasteiger partial charge in [-0.1, -0.05) is 40.9 Å². The normalized spacial score (nSPS) is 16.4. The van der Waals surface area contributed by atoms with Gasteiger partial charge in [-0.2, -0.15) is 0 Å². The number of hydrogen-bond acceptors (Lipinski definition) is 4. The Hall–Kier alpha value is -2.01. The van der Waals surface area contributed by atoms with Crippen LogP contribution in [0.3, 0.4) is 0 Å². The minimum absolute atomic E-state index is 0.0853. The molecule has 0 aromatic heterocycles. The second-order valence-corrected chi connectivity index (χ2v) is 6.51. The van der Waals surface area contributed by atoms with Gasteiger partial charge in [-0.05, 0) is 48.0 Å². The van der Waals surface area contributed by atoms with Gasteiger partial charge in [0.15, 0.2) is 6.10 Å². The Labute approximate surface area is 158 Å². The van der Waals surface area contributed by atoms with Gasteiger partial charge in [0.1, 0.15) is 6.61 Å². The van der Waals surface area contributed by atoms with E-state index in [9.17, 15) is 9.59 Å². The average molecular weight is 398 g/mol. The SMILES string of the molecule is O=C1O[C@@H](COC(=O)c2ccc(Cl)cc2)C=C1c1ccc(Cl)c(Cl)c1. The first-order valence-corrected chi connectivity index (χ1v) is 8.38. The molecule has 0 radical (unpaired) electrons. The molecular weight excluding hydrogens is 387 g/mol. The molecule has 128 valence electrons. The van der Waals surface area contributed by atoms with Gasteiger partial charge in [0.2, 0.25) is 0 Å². The molecule has 4 nitrogen and oxygen atoms in total. The largest absolute Gasteiger partial charge is 0.458 e. The third kappa shape index (κ3) is 4.15. The first-order chi connectivity index (χ1) is 11.9. The van der Waals surface area contributed by atoms with E-state index in [1.165, 1.54) is 0 Å². The van der Waals surface area contributed by atoms with Crippen molar-refractivity contribution >= 4 is 52.3 Å². The third-order valence-electron chi connectivity index (χ3n) is 3.52. The fourth-order valence-corrected chi connectivity index (χ4v) is 2.70. The molecule has 0 fully saturated rings. The van der Waals surface area contributed by atoms with Gasteiger partial charge in [0.25, 0.3) is 0 Å². The molecule has 0 N–H and O–H groups in total. The van der Waals surface area contributed by atoms with Gasteiger partial charge in [-0.15, -0.1) is 0 Å². The lowest BCUT2D eigenvalue weighted by molar-refractivity contribution is -0.139. The Balaban J connectivity index is 1.67. The number of hydrogen-bond donors (Lipinski definition) is 0. The van der Waals surface area contributed by atoms with E-state index in [0.29, 0.717) is 31.8 Å². The molecule has 25 heavy (non-hydrogen) atoms. The number of ether oxygens (including phenoxy) is 2. The zero-order chi connectivity index (χ0) is 18.0. The first-order valence-electron chi connectivity index (χ1n) is 7.25. The Bertz CT molecular complexity index is 859. The molecule has 1 heterocycles. The lowest BCUT2D eigenvalue weighted by Crippen LogP contribution is -2.18. The van der Waals surface area contributed by atoms with Gasteiger partial charge in [0, 0.05) is 5.02 Å². The number of carbonyl (C=O) groups excluding carboxylic acids is 2. The average Bonchev–Trinajstić information content (AvgIpc) is 2.96. The Morgan fingerprint density at radius 1 is 1.04 bits per heavy atom. The second-order valence-electron chi connectivity index (χ2n) is 5.26. The van der Waals surface area contributed by atoms with Gasteiger partial charge in [0.05, 0.1) is 21.2 Å². The monoisotopic (exact) mass is 396 g/mol. The summed E-state index contributed by atoms with van der Waals surface area (Å²) in [5, 5.41) is 1.26. The van der Waals surface area contributed by atoms with Crippen LogP contribution in [0.25, 0.3) is 5.57 Å². The van der Waals surface area contributed by atoms with Crippen molar-refractivity contribution in [2.24, 2.45) is 0 Å². The van der Waals surface area contributed by atoms with E-state index in [2.05, 4.69) is 0 Å². The van der Waals surface area contributed by atoms with E-state index in [0.717, 1.165) is 0 Å². The Morgan fingerprint density at radius 2 is 1.76 bits per heavy atom. The highest BCUT2D eigenvalue weighted by Crippen LogP contribution is 2.30. The summed E-state index contributed by atoms with van der Waals surface area (Å²) in [7, 11) is 0. The van der Waals surface area contributed by atoms with Crippen LogP contribution < -0.4 is 0 Å². The van der Waals surface area contributed by atoms with E-state index in [1.54, 1.807) is 48.5 Å². The molecule has 0 spiro atoms. The van der Waals surface area contributed by atoms with Crippen LogP contribution in [0, 0.1) is 0 Å². The predicted molar refractivity (Wildman–Crippen MR) is 96.1 cm³/mol. The second kappa shape index (κ2) is 7.48. The number of halogens is 3. The zero-order valence-electron chi connectivity index (χ0n) is 12.7. The van der Waals surface area contributed by atoms with Crippen LogP contribution in [0.2, 0.25) is 15.1 Å². The van der Waals surface area contributed by atoms with Gasteiger partial charge >= 0.3 is 11.9 Å². The molecule has 0 saturated carbocycles. The van der Waals surface area contributed by atoms with Gasteiger partial charge in [-0.3, -0.25) is 0 Å². The van der Waals surface area contributed by atoms with Crippen LogP contribution in [0.1, 0.15) is 15.9 Å². The van der Waals surface area contributed by atoms with Crippen molar-refractivity contribution < 1.29 is 19.1 Å². The van der Waals surface area contributed by atoms with Crippen LogP contribution in [0.15, 0.2) is 48.5 Å². The third-order valence-corrected chi connectivity index (χ3v) is 4.51. The topological polar surface area (TPSA) is 52.6 Å². The maximum absolute atomic E-state index is 12.0. The summed E-state index contributed by atoms with van der Waals surface area (Å²) < 4.78 is 10.4. The molecule has 2 aromatic carbocycles. The molecule has 1 aliphatic heterocycles. The highest BCUT2D eigenvalue weighted by atomic mass is 35.5. The van der Waals surface area contributed by atoms with Crippen molar-refractivity contribution in [3.05, 3.63) is 74.7 Å². The van der Waals surface area contributed by atoms with Gasteiger partial charge in [-0.25, -0.2) is 9.59 Å². The van der Waals surface area contributed by atoms with Crippen LogP contribution >= 0.6 is 34.8 Å². The van der Waals surface area contributed by atoms with E-state index < -0.39 is 18.0 Å². The summed E-state index contributed by atoms with van der Waals surface area (Å²) in [5.74, 6) is -1.03. The minimum atomic E-state index is -0.659. The maximum atomic E-state index is 12.0. The molecule has 0 aliphatic carbocycles. The molecule has 0 bridgehead atoms. The van der Waals surface area contributed by atoms with E-state index in [4.69, 9.17) is 44.3 Å². The van der Waals surface area contributed by atoms with Crippen molar-refractivity contribution in [3.63, 3.8) is 0 Å². The molecule has 3 rings (SSSR count). The Kier molecular flexibility index (Phi) is 5.33. The summed E-state index contributed by atoms with van der Waals surface area (Å²) in [6.07, 6.45) is 0.935. The summed E-state index contributed by atoms with van der Waals surface area (Å²) in [5.41, 5.74) is 1.31. The summed E-state index contributed by atoms with van der Waals surface area (Å²) in [4.78, 5) is 24.0. The summed E-state index contributed by atoms with van der Waals surface area (Å²) in [6, 6.07) is 11.2. The molecule has 7 heteroatoms. The molecule has 0 saturated heterocycles. The van der Waals surface area contributed by atoms with Crippen LogP contribution in [0.4, 0.5) is 0 Å². The van der Waals surface area contributed by atoms with E-state index in [-0.39, 0.29) is 6.61 Å². The number of cyclic esters (lactones) is 1. The number of rotatable bonds is 4. The van der Waals surface area contributed by atoms with E-state index in [1.807, 2.05) is 0 Å². The number of benzene rings is 2. The quantitative estimate of drug-likeness (QED) is 0.695. The molecule has 1 atom stereocenters. The number of esters is 2. The maximum Gasteiger partial charge on any atom is 0.339 e. The lowest BCUT2D eigenvalue weighted by Gasteiger charge is -2.09. The molecular formula is C18H11Cl3O4. The van der Waals surface area contributed by atoms with Crippen molar-refractivity contribution in [1.82, 2.24) is 0 Å². The van der Waals surface area contributed by atoms with Gasteiger partial charge < -0.3 is 9.47 Å². The molecule has 1 aliphatic rings. The zero-order valence-corrected chi connectivity index (χ0v) is 14.9. The number of carbonyl (C=O) groups is 2. The van der Waals surface area contributed by atoms with Crippen molar-refractivity contribution in [2.45, 2.75) is 6.10 Å². The van der Waals surface area contributed by atoms with Crippen molar-refractivity contribution in [1.29, 1.82) is 0 Å². The van der Waals surface area contributed by atoms with Crippen LogP contribution in [0.5, 0.6) is 0 Å². The van der Waals surface area contributed by atoms with Crippen molar-refractivity contribution in [3.8, 4) is 0 Å².